The van der Waals surface area contributed by atoms with Gasteiger partial charge in [0.05, 0.1) is 34.5 Å². The van der Waals surface area contributed by atoms with E-state index in [0.29, 0.717) is 29.6 Å². The quantitative estimate of drug-likeness (QED) is 0.416. The van der Waals surface area contributed by atoms with Crippen molar-refractivity contribution in [2.24, 2.45) is 0 Å². The maximum atomic E-state index is 14.0. The Bertz CT molecular complexity index is 1330. The van der Waals surface area contributed by atoms with Crippen molar-refractivity contribution < 1.29 is 27.8 Å². The van der Waals surface area contributed by atoms with E-state index in [4.69, 9.17) is 16.3 Å². The highest BCUT2D eigenvalue weighted by Crippen LogP contribution is 2.43. The van der Waals surface area contributed by atoms with Crippen LogP contribution in [0.5, 0.6) is 5.75 Å². The van der Waals surface area contributed by atoms with Crippen LogP contribution in [0.25, 0.3) is 0 Å². The second kappa shape index (κ2) is 10.7. The first-order chi connectivity index (χ1) is 18.3. The van der Waals surface area contributed by atoms with Crippen LogP contribution in [-0.2, 0) is 6.18 Å². The number of anilines is 4. The monoisotopic (exact) mass is 546 g/mol. The van der Waals surface area contributed by atoms with E-state index in [0.717, 1.165) is 25.3 Å². The van der Waals surface area contributed by atoms with Crippen LogP contribution in [0.15, 0.2) is 54.7 Å². The Morgan fingerprint density at radius 3 is 2.61 bits per heavy atom. The molecule has 1 fully saturated rings. The first-order valence-corrected chi connectivity index (χ1v) is 12.7. The number of benzene rings is 2. The number of aliphatic hydroxyl groups is 1. The normalized spacial score (nSPS) is 17.6. The number of piperidine rings is 1. The number of alkyl halides is 3. The Labute approximate surface area is 222 Å². The maximum absolute atomic E-state index is 14.0. The smallest absolute Gasteiger partial charge is 0.418 e. The number of aromatic nitrogens is 1. The predicted molar refractivity (Wildman–Crippen MR) is 140 cm³/mol. The molecular weight excluding hydrogens is 521 g/mol. The molecule has 7 nitrogen and oxygen atoms in total. The fraction of sp³-hybridized carbons (Fsp3) is 0.333. The highest BCUT2D eigenvalue weighted by molar-refractivity contribution is 6.33. The van der Waals surface area contributed by atoms with Gasteiger partial charge in [-0.2, -0.15) is 13.2 Å². The minimum atomic E-state index is -4.58. The largest absolute Gasteiger partial charge is 0.488 e. The lowest BCUT2D eigenvalue weighted by molar-refractivity contribution is -0.137. The summed E-state index contributed by atoms with van der Waals surface area (Å²) < 4.78 is 47.8. The number of fused-ring (bicyclic) bond motifs is 1. The Morgan fingerprint density at radius 2 is 1.89 bits per heavy atom. The van der Waals surface area contributed by atoms with Gasteiger partial charge < -0.3 is 25.0 Å². The van der Waals surface area contributed by atoms with E-state index >= 15 is 0 Å². The van der Waals surface area contributed by atoms with Crippen molar-refractivity contribution in [1.82, 2.24) is 4.98 Å². The number of aliphatic hydroxyl groups excluding tert-OH is 1. The van der Waals surface area contributed by atoms with E-state index in [1.807, 2.05) is 0 Å². The fourth-order valence-corrected chi connectivity index (χ4v) is 5.13. The highest BCUT2D eigenvalue weighted by Gasteiger charge is 2.36. The van der Waals surface area contributed by atoms with Crippen molar-refractivity contribution in [3.63, 3.8) is 0 Å². The zero-order valence-electron chi connectivity index (χ0n) is 20.3. The average Bonchev–Trinajstić information content (AvgIpc) is 2.92. The molecule has 0 spiro atoms. The number of hydrogen-bond acceptors (Lipinski definition) is 6. The molecule has 1 atom stereocenters. The van der Waals surface area contributed by atoms with E-state index in [2.05, 4.69) is 10.3 Å². The zero-order chi connectivity index (χ0) is 26.9. The second-order valence-corrected chi connectivity index (χ2v) is 9.62. The first-order valence-electron chi connectivity index (χ1n) is 12.3. The molecule has 2 N–H and O–H groups in total. The Kier molecular flexibility index (Phi) is 7.36. The molecule has 1 aromatic heterocycles. The summed E-state index contributed by atoms with van der Waals surface area (Å²) in [5, 5.41) is 12.9. The van der Waals surface area contributed by atoms with Crippen LogP contribution in [0.1, 0.15) is 35.2 Å². The summed E-state index contributed by atoms with van der Waals surface area (Å²) in [5.41, 5.74) is -0.0576. The minimum Gasteiger partial charge on any atom is -0.488 e. The molecule has 11 heteroatoms. The van der Waals surface area contributed by atoms with Crippen LogP contribution in [0, 0.1) is 0 Å². The van der Waals surface area contributed by atoms with Crippen molar-refractivity contribution in [1.29, 1.82) is 0 Å². The third kappa shape index (κ3) is 5.10. The molecule has 2 aliphatic heterocycles. The first kappa shape index (κ1) is 26.1. The fourth-order valence-electron chi connectivity index (χ4n) is 4.92. The number of halogens is 4. The van der Waals surface area contributed by atoms with Gasteiger partial charge in [-0.1, -0.05) is 17.7 Å². The van der Waals surface area contributed by atoms with Gasteiger partial charge in [0.1, 0.15) is 6.61 Å². The van der Waals surface area contributed by atoms with Gasteiger partial charge in [-0.25, -0.2) is 4.98 Å². The number of nitrogens with one attached hydrogen (secondary N) is 1. The van der Waals surface area contributed by atoms with Crippen molar-refractivity contribution in [3.05, 3.63) is 70.9 Å². The number of carbonyl (C=O) groups excluding carboxylic acids is 1. The van der Waals surface area contributed by atoms with Gasteiger partial charge in [0.15, 0.2) is 11.6 Å². The lowest BCUT2D eigenvalue weighted by Crippen LogP contribution is -2.43. The third-order valence-corrected chi connectivity index (χ3v) is 7.01. The van der Waals surface area contributed by atoms with Crippen LogP contribution in [0.3, 0.4) is 0 Å². The number of amides is 1. The maximum Gasteiger partial charge on any atom is 0.418 e. The molecule has 5 rings (SSSR count). The molecule has 0 bridgehead atoms. The molecule has 3 heterocycles. The van der Waals surface area contributed by atoms with E-state index in [-0.39, 0.29) is 35.9 Å². The highest BCUT2D eigenvalue weighted by atomic mass is 35.5. The molecule has 200 valence electrons. The molecule has 0 radical (unpaired) electrons. The van der Waals surface area contributed by atoms with E-state index < -0.39 is 23.7 Å². The average molecular weight is 547 g/mol. The molecule has 38 heavy (non-hydrogen) atoms. The molecule has 1 unspecified atom stereocenters. The van der Waals surface area contributed by atoms with Crippen LogP contribution in [0.2, 0.25) is 5.02 Å². The van der Waals surface area contributed by atoms with Gasteiger partial charge in [-0.3, -0.25) is 4.79 Å². The Morgan fingerprint density at radius 1 is 1.11 bits per heavy atom. The van der Waals surface area contributed by atoms with E-state index in [1.165, 1.54) is 18.2 Å². The number of nitrogens with zero attached hydrogens (tertiary/aromatic N) is 3. The summed E-state index contributed by atoms with van der Waals surface area (Å²) in [4.78, 5) is 21.1. The standard InChI is InChI=1S/C27H26ClF3N4O3/c28-21-7-5-11-32-25(21)35-18(15-36)16-38-24-19(6-4-8-23(24)35)26(37)33-17-9-10-22(20(14-17)27(29,30)31)34-12-2-1-3-13-34/h4-11,14,18,36H,1-3,12-13,15-16H2,(H,33,37). The van der Waals surface area contributed by atoms with Crippen LogP contribution in [0.4, 0.5) is 36.1 Å². The summed E-state index contributed by atoms with van der Waals surface area (Å²) in [5.74, 6) is -0.0222. The van der Waals surface area contributed by atoms with Gasteiger partial charge in [0, 0.05) is 30.7 Å². The SMILES string of the molecule is O=C(Nc1ccc(N2CCCCC2)c(C(F)(F)F)c1)c1cccc2c1OCC(CO)N2c1ncccc1Cl. The van der Waals surface area contributed by atoms with Gasteiger partial charge in [0.2, 0.25) is 0 Å². The van der Waals surface area contributed by atoms with Gasteiger partial charge >= 0.3 is 6.18 Å². The second-order valence-electron chi connectivity index (χ2n) is 9.21. The van der Waals surface area contributed by atoms with Crippen LogP contribution >= 0.6 is 11.6 Å². The zero-order valence-corrected chi connectivity index (χ0v) is 21.1. The number of para-hydroxylation sites is 1. The number of carbonyl (C=O) groups is 1. The van der Waals surface area contributed by atoms with Crippen molar-refractivity contribution in [3.8, 4) is 5.75 Å². The lowest BCUT2D eigenvalue weighted by Gasteiger charge is -2.37. The lowest BCUT2D eigenvalue weighted by atomic mass is 10.0. The number of pyridine rings is 1. The molecule has 2 aromatic carbocycles. The number of rotatable bonds is 5. The topological polar surface area (TPSA) is 77.9 Å². The number of hydrogen-bond donors (Lipinski definition) is 2. The Hall–Kier alpha value is -3.50. The summed E-state index contributed by atoms with van der Waals surface area (Å²) >= 11 is 6.38. The molecule has 1 saturated heterocycles. The summed E-state index contributed by atoms with van der Waals surface area (Å²) in [6, 6.07) is 11.6. The molecule has 1 amide bonds. The van der Waals surface area contributed by atoms with E-state index in [9.17, 15) is 23.1 Å². The molecule has 0 aliphatic carbocycles. The summed E-state index contributed by atoms with van der Waals surface area (Å²) in [6.45, 7) is 0.914. The predicted octanol–water partition coefficient (Wildman–Crippen LogP) is 5.89. The van der Waals surface area contributed by atoms with E-state index in [1.54, 1.807) is 40.3 Å². The van der Waals surface area contributed by atoms with Crippen molar-refractivity contribution in [2.45, 2.75) is 31.5 Å². The summed E-state index contributed by atoms with van der Waals surface area (Å²) in [7, 11) is 0. The molecule has 2 aliphatic rings. The minimum absolute atomic E-state index is 0.0226. The molecule has 3 aromatic rings. The molecular formula is C27H26ClF3N4O3. The third-order valence-electron chi connectivity index (χ3n) is 6.72. The summed E-state index contributed by atoms with van der Waals surface area (Å²) in [6.07, 6.45) is -0.338. The van der Waals surface area contributed by atoms with Gasteiger partial charge in [-0.15, -0.1) is 0 Å². The van der Waals surface area contributed by atoms with Crippen LogP contribution < -0.4 is 19.9 Å². The Balaban J connectivity index is 1.47. The van der Waals surface area contributed by atoms with Crippen molar-refractivity contribution in [2.75, 3.05) is 41.4 Å². The molecule has 0 saturated carbocycles. The number of ether oxygens (including phenoxy) is 1. The van der Waals surface area contributed by atoms with Gasteiger partial charge in [0.25, 0.3) is 5.91 Å². The van der Waals surface area contributed by atoms with Crippen LogP contribution in [-0.4, -0.2) is 48.3 Å². The van der Waals surface area contributed by atoms with Crippen molar-refractivity contribution >= 4 is 40.4 Å². The van der Waals surface area contributed by atoms with Gasteiger partial charge in [-0.05, 0) is 61.7 Å².